The highest BCUT2D eigenvalue weighted by Gasteiger charge is 2.23. The predicted molar refractivity (Wildman–Crippen MR) is 85.2 cm³/mol. The van der Waals surface area contributed by atoms with Gasteiger partial charge in [0.25, 0.3) is 0 Å². The molecule has 0 fully saturated rings. The monoisotopic (exact) mass is 326 g/mol. The first-order valence-electron chi connectivity index (χ1n) is 6.73. The molecule has 2 aromatic rings. The van der Waals surface area contributed by atoms with Crippen LogP contribution in [0.15, 0.2) is 0 Å². The summed E-state index contributed by atoms with van der Waals surface area (Å²) >= 11 is 3.34. The maximum absolute atomic E-state index is 11.4. The lowest BCUT2D eigenvalue weighted by atomic mass is 10.2. The highest BCUT2D eigenvalue weighted by Crippen LogP contribution is 2.31. The van der Waals surface area contributed by atoms with Crippen molar-refractivity contribution in [3.63, 3.8) is 0 Å². The Morgan fingerprint density at radius 3 is 2.76 bits per heavy atom. The lowest BCUT2D eigenvalue weighted by molar-refractivity contribution is 0.0691. The molecule has 0 bridgehead atoms. The van der Waals surface area contributed by atoms with Gasteiger partial charge in [0, 0.05) is 6.54 Å². The number of carbonyl (C=O) groups is 1. The van der Waals surface area contributed by atoms with Gasteiger partial charge in [-0.1, -0.05) is 12.1 Å². The lowest BCUT2D eigenvalue weighted by Crippen LogP contribution is -2.06. The van der Waals surface area contributed by atoms with Gasteiger partial charge in [0.15, 0.2) is 5.69 Å². The second kappa shape index (κ2) is 7.04. The molecule has 0 amide bonds. The molecule has 8 heteroatoms. The normalized spacial score (nSPS) is 11.0. The fourth-order valence-electron chi connectivity index (χ4n) is 2.05. The fourth-order valence-corrected chi connectivity index (χ4v) is 3.64. The summed E-state index contributed by atoms with van der Waals surface area (Å²) in [5.74, 6) is 1.06. The number of rotatable bonds is 7. The van der Waals surface area contributed by atoms with Gasteiger partial charge in [-0.3, -0.25) is 0 Å². The zero-order valence-electron chi connectivity index (χ0n) is 12.3. The van der Waals surface area contributed by atoms with E-state index in [0.29, 0.717) is 12.2 Å². The zero-order chi connectivity index (χ0) is 15.4. The quantitative estimate of drug-likeness (QED) is 0.788. The molecule has 6 nitrogen and oxygen atoms in total. The number of hydrogen-bond donors (Lipinski definition) is 1. The Morgan fingerprint density at radius 1 is 1.43 bits per heavy atom. The largest absolute Gasteiger partial charge is 0.476 e. The Kier molecular flexibility index (Phi) is 5.35. The molecule has 0 saturated carbocycles. The van der Waals surface area contributed by atoms with Crippen LogP contribution in [-0.4, -0.2) is 42.6 Å². The summed E-state index contributed by atoms with van der Waals surface area (Å²) in [4.78, 5) is 16.6. The maximum Gasteiger partial charge on any atom is 0.358 e. The van der Waals surface area contributed by atoms with Gasteiger partial charge in [0.05, 0.1) is 15.6 Å². The third kappa shape index (κ3) is 3.62. The SMILES string of the molecule is CCSCCCn1nnc(C(=O)O)c1-c1sc(C)nc1C. The Hall–Kier alpha value is -1.41. The van der Waals surface area contributed by atoms with Crippen LogP contribution in [0.2, 0.25) is 0 Å². The van der Waals surface area contributed by atoms with Crippen LogP contribution in [0.4, 0.5) is 0 Å². The Morgan fingerprint density at radius 2 is 2.19 bits per heavy atom. The number of thioether (sulfide) groups is 1. The Labute approximate surface area is 131 Å². The molecule has 0 aromatic carbocycles. The number of hydrogen-bond acceptors (Lipinski definition) is 6. The van der Waals surface area contributed by atoms with Crippen molar-refractivity contribution in [3.8, 4) is 10.6 Å². The van der Waals surface area contributed by atoms with Gasteiger partial charge in [-0.25, -0.2) is 14.5 Å². The minimum atomic E-state index is -1.05. The van der Waals surface area contributed by atoms with Crippen molar-refractivity contribution in [2.45, 2.75) is 33.7 Å². The summed E-state index contributed by atoms with van der Waals surface area (Å²) in [6, 6.07) is 0. The van der Waals surface area contributed by atoms with Crippen molar-refractivity contribution < 1.29 is 9.90 Å². The smallest absolute Gasteiger partial charge is 0.358 e. The van der Waals surface area contributed by atoms with Crippen molar-refractivity contribution in [3.05, 3.63) is 16.4 Å². The molecule has 0 aliphatic rings. The van der Waals surface area contributed by atoms with Gasteiger partial charge < -0.3 is 5.11 Å². The fraction of sp³-hybridized carbons (Fsp3) is 0.538. The molecule has 0 aliphatic carbocycles. The van der Waals surface area contributed by atoms with Crippen LogP contribution in [0.25, 0.3) is 10.6 Å². The molecule has 0 atom stereocenters. The van der Waals surface area contributed by atoms with E-state index in [0.717, 1.165) is 33.5 Å². The van der Waals surface area contributed by atoms with Gasteiger partial charge in [0.1, 0.15) is 5.69 Å². The van der Waals surface area contributed by atoms with E-state index < -0.39 is 5.97 Å². The highest BCUT2D eigenvalue weighted by molar-refractivity contribution is 7.99. The van der Waals surface area contributed by atoms with E-state index in [2.05, 4.69) is 22.2 Å². The Bertz CT molecular complexity index is 636. The molecular formula is C13H18N4O2S2. The zero-order valence-corrected chi connectivity index (χ0v) is 13.9. The van der Waals surface area contributed by atoms with E-state index in [1.807, 2.05) is 25.6 Å². The first-order valence-corrected chi connectivity index (χ1v) is 8.70. The van der Waals surface area contributed by atoms with Gasteiger partial charge in [0.2, 0.25) is 0 Å². The number of aromatic carboxylic acids is 1. The van der Waals surface area contributed by atoms with Crippen LogP contribution in [-0.2, 0) is 6.54 Å². The maximum atomic E-state index is 11.4. The van der Waals surface area contributed by atoms with Crippen LogP contribution in [0.3, 0.4) is 0 Å². The van der Waals surface area contributed by atoms with Crippen LogP contribution < -0.4 is 0 Å². The predicted octanol–water partition coefficient (Wildman–Crippen LogP) is 2.86. The van der Waals surface area contributed by atoms with Crippen molar-refractivity contribution in [1.29, 1.82) is 0 Å². The number of aromatic nitrogens is 4. The first kappa shape index (κ1) is 16.0. The average Bonchev–Trinajstić information content (AvgIpc) is 2.97. The minimum Gasteiger partial charge on any atom is -0.476 e. The summed E-state index contributed by atoms with van der Waals surface area (Å²) in [5, 5.41) is 18.1. The molecule has 1 N–H and O–H groups in total. The third-order valence-electron chi connectivity index (χ3n) is 2.92. The number of thiazole rings is 1. The Balaban J connectivity index is 2.34. The molecular weight excluding hydrogens is 308 g/mol. The van der Waals surface area contributed by atoms with E-state index in [1.165, 1.54) is 11.3 Å². The third-order valence-corrected chi connectivity index (χ3v) is 4.98. The molecule has 114 valence electrons. The first-order chi connectivity index (χ1) is 10.0. The molecule has 21 heavy (non-hydrogen) atoms. The van der Waals surface area contributed by atoms with Crippen molar-refractivity contribution in [2.24, 2.45) is 0 Å². The molecule has 0 radical (unpaired) electrons. The molecule has 0 aliphatic heterocycles. The second-order valence-electron chi connectivity index (χ2n) is 4.51. The average molecular weight is 326 g/mol. The number of aryl methyl sites for hydroxylation is 3. The number of carboxylic acid groups (broad SMARTS) is 1. The number of nitrogens with zero attached hydrogens (tertiary/aromatic N) is 4. The summed E-state index contributed by atoms with van der Waals surface area (Å²) < 4.78 is 1.69. The molecule has 0 unspecified atom stereocenters. The molecule has 0 spiro atoms. The molecule has 2 aromatic heterocycles. The van der Waals surface area contributed by atoms with Crippen molar-refractivity contribution in [1.82, 2.24) is 20.0 Å². The van der Waals surface area contributed by atoms with E-state index in [1.54, 1.807) is 4.68 Å². The standard InChI is InChI=1S/C13H18N4O2S2/c1-4-20-7-5-6-17-11(10(13(18)19)15-16-17)12-8(2)14-9(3)21-12/h4-7H2,1-3H3,(H,18,19). The van der Waals surface area contributed by atoms with Crippen LogP contribution in [0, 0.1) is 13.8 Å². The van der Waals surface area contributed by atoms with Gasteiger partial charge in [-0.15, -0.1) is 16.4 Å². The molecule has 0 saturated heterocycles. The van der Waals surface area contributed by atoms with E-state index in [4.69, 9.17) is 0 Å². The highest BCUT2D eigenvalue weighted by atomic mass is 32.2. The van der Waals surface area contributed by atoms with E-state index in [9.17, 15) is 9.90 Å². The van der Waals surface area contributed by atoms with Crippen LogP contribution in [0.5, 0.6) is 0 Å². The van der Waals surface area contributed by atoms with Crippen molar-refractivity contribution >= 4 is 29.1 Å². The van der Waals surface area contributed by atoms with Gasteiger partial charge in [-0.05, 0) is 31.8 Å². The lowest BCUT2D eigenvalue weighted by Gasteiger charge is -2.05. The van der Waals surface area contributed by atoms with Gasteiger partial charge >= 0.3 is 5.97 Å². The van der Waals surface area contributed by atoms with Crippen molar-refractivity contribution in [2.75, 3.05) is 11.5 Å². The summed E-state index contributed by atoms with van der Waals surface area (Å²) in [7, 11) is 0. The topological polar surface area (TPSA) is 80.9 Å². The van der Waals surface area contributed by atoms with E-state index in [-0.39, 0.29) is 5.69 Å². The van der Waals surface area contributed by atoms with Crippen LogP contribution in [0.1, 0.15) is 34.5 Å². The second-order valence-corrected chi connectivity index (χ2v) is 7.11. The van der Waals surface area contributed by atoms with Crippen LogP contribution >= 0.6 is 23.1 Å². The van der Waals surface area contributed by atoms with Gasteiger partial charge in [-0.2, -0.15) is 11.8 Å². The molecule has 2 heterocycles. The minimum absolute atomic E-state index is 0.00453. The molecule has 2 rings (SSSR count). The van der Waals surface area contributed by atoms with E-state index >= 15 is 0 Å². The summed E-state index contributed by atoms with van der Waals surface area (Å²) in [6.07, 6.45) is 0.935. The summed E-state index contributed by atoms with van der Waals surface area (Å²) in [5.41, 5.74) is 1.41. The number of carboxylic acids is 1. The summed E-state index contributed by atoms with van der Waals surface area (Å²) in [6.45, 7) is 6.58.